The normalized spacial score (nSPS) is 11.8. The highest BCUT2D eigenvalue weighted by Crippen LogP contribution is 2.34. The van der Waals surface area contributed by atoms with E-state index < -0.39 is 0 Å². The van der Waals surface area contributed by atoms with Gasteiger partial charge in [0.15, 0.2) is 0 Å². The standard InChI is InChI=1S/C16H17F2N.C16H13F2N.C15H11F2N/c2*1-11(10-19)16(12-4-2-6-14(17)8-12)13-5-3-7-15(18)9-13;16-13-5-1-3-11(9-13)15(7-8-18)12-4-2-6-14(17)10-12/h2-9,11,16H,10,19H2,1H3;2-9,11,16H,1H3;1-6,9-10,15H,7H2. The number of rotatable bonds is 10. The average Bonchev–Trinajstić information content (AvgIpc) is 3.18. The van der Waals surface area contributed by atoms with Gasteiger partial charge in [0, 0.05) is 24.2 Å². The minimum atomic E-state index is -0.372. The lowest BCUT2D eigenvalue weighted by Crippen LogP contribution is -2.20. The Balaban J connectivity index is 0.000000187. The topological polar surface area (TPSA) is 73.6 Å². The van der Waals surface area contributed by atoms with Gasteiger partial charge < -0.3 is 5.73 Å². The van der Waals surface area contributed by atoms with Gasteiger partial charge in [-0.2, -0.15) is 10.5 Å². The number of hydrogen-bond donors (Lipinski definition) is 1. The molecular formula is C47H41F6N3. The molecule has 2 unspecified atom stereocenters. The minimum Gasteiger partial charge on any atom is -0.330 e. The predicted molar refractivity (Wildman–Crippen MR) is 207 cm³/mol. The lowest BCUT2D eigenvalue weighted by atomic mass is 9.81. The lowest BCUT2D eigenvalue weighted by molar-refractivity contribution is 0.516. The number of nitrogens with zero attached hydrogens (tertiary/aromatic N) is 2. The van der Waals surface area contributed by atoms with Crippen LogP contribution in [-0.4, -0.2) is 6.54 Å². The summed E-state index contributed by atoms with van der Waals surface area (Å²) in [6.07, 6.45) is 0.187. The average molecular weight is 762 g/mol. The molecule has 286 valence electrons. The van der Waals surface area contributed by atoms with Crippen LogP contribution in [0.3, 0.4) is 0 Å². The number of nitrogens with two attached hydrogens (primary N) is 1. The fourth-order valence-electron chi connectivity index (χ4n) is 6.60. The van der Waals surface area contributed by atoms with E-state index >= 15 is 0 Å². The van der Waals surface area contributed by atoms with Gasteiger partial charge in [-0.25, -0.2) is 26.3 Å². The molecule has 0 saturated carbocycles. The molecule has 56 heavy (non-hydrogen) atoms. The van der Waals surface area contributed by atoms with Crippen LogP contribution >= 0.6 is 0 Å². The van der Waals surface area contributed by atoms with Crippen molar-refractivity contribution in [2.75, 3.05) is 6.54 Å². The van der Waals surface area contributed by atoms with Crippen LogP contribution in [0.15, 0.2) is 146 Å². The molecule has 0 radical (unpaired) electrons. The third kappa shape index (κ3) is 12.2. The first-order valence-corrected chi connectivity index (χ1v) is 17.9. The second kappa shape index (κ2) is 21.1. The van der Waals surface area contributed by atoms with E-state index in [1.807, 2.05) is 19.1 Å². The molecule has 9 heteroatoms. The molecule has 6 aromatic carbocycles. The van der Waals surface area contributed by atoms with Crippen LogP contribution in [0.4, 0.5) is 26.3 Å². The Kier molecular flexibility index (Phi) is 16.0. The molecule has 0 saturated heterocycles. The third-order valence-electron chi connectivity index (χ3n) is 9.27. The summed E-state index contributed by atoms with van der Waals surface area (Å²) in [5.41, 5.74) is 10.1. The van der Waals surface area contributed by atoms with Gasteiger partial charge in [0.25, 0.3) is 0 Å². The Morgan fingerprint density at radius 2 is 0.750 bits per heavy atom. The van der Waals surface area contributed by atoms with E-state index in [0.717, 1.165) is 11.1 Å². The van der Waals surface area contributed by atoms with Crippen molar-refractivity contribution in [2.45, 2.75) is 38.0 Å². The van der Waals surface area contributed by atoms with Crippen LogP contribution in [0, 0.1) is 69.4 Å². The smallest absolute Gasteiger partial charge is 0.123 e. The van der Waals surface area contributed by atoms with Gasteiger partial charge in [0.1, 0.15) is 34.9 Å². The monoisotopic (exact) mass is 761 g/mol. The Morgan fingerprint density at radius 3 is 1.02 bits per heavy atom. The molecule has 0 aliphatic heterocycles. The van der Waals surface area contributed by atoms with E-state index in [-0.39, 0.29) is 70.9 Å². The first kappa shape index (κ1) is 42.6. The molecule has 2 atom stereocenters. The summed E-state index contributed by atoms with van der Waals surface area (Å²) in [4.78, 5) is 0. The van der Waals surface area contributed by atoms with Crippen molar-refractivity contribution in [3.63, 3.8) is 0 Å². The lowest BCUT2D eigenvalue weighted by Gasteiger charge is -2.24. The van der Waals surface area contributed by atoms with E-state index in [9.17, 15) is 26.3 Å². The molecule has 0 aliphatic carbocycles. The maximum Gasteiger partial charge on any atom is 0.123 e. The predicted octanol–water partition coefficient (Wildman–Crippen LogP) is 12.0. The van der Waals surface area contributed by atoms with Crippen molar-refractivity contribution in [3.8, 4) is 12.1 Å². The van der Waals surface area contributed by atoms with Gasteiger partial charge in [0.05, 0.1) is 18.1 Å². The highest BCUT2D eigenvalue weighted by Gasteiger charge is 2.23. The van der Waals surface area contributed by atoms with Crippen molar-refractivity contribution in [3.05, 3.63) is 214 Å². The highest BCUT2D eigenvalue weighted by molar-refractivity contribution is 5.37. The van der Waals surface area contributed by atoms with Crippen LogP contribution in [0.2, 0.25) is 0 Å². The van der Waals surface area contributed by atoms with Gasteiger partial charge in [-0.3, -0.25) is 0 Å². The largest absolute Gasteiger partial charge is 0.330 e. The zero-order valence-corrected chi connectivity index (χ0v) is 30.9. The summed E-state index contributed by atoms with van der Waals surface area (Å²) in [5.74, 6) is -3.01. The fourth-order valence-corrected chi connectivity index (χ4v) is 6.60. The van der Waals surface area contributed by atoms with Crippen LogP contribution in [0.25, 0.3) is 0 Å². The second-order valence-electron chi connectivity index (χ2n) is 13.3. The van der Waals surface area contributed by atoms with Crippen LogP contribution in [-0.2, 0) is 0 Å². The fraction of sp³-hybridized carbons (Fsp3) is 0.191. The molecule has 0 aromatic heterocycles. The van der Waals surface area contributed by atoms with Gasteiger partial charge in [-0.15, -0.1) is 0 Å². The van der Waals surface area contributed by atoms with Crippen molar-refractivity contribution in [1.82, 2.24) is 0 Å². The van der Waals surface area contributed by atoms with Crippen LogP contribution < -0.4 is 5.73 Å². The van der Waals surface area contributed by atoms with E-state index in [0.29, 0.717) is 28.8 Å². The van der Waals surface area contributed by atoms with Gasteiger partial charge in [-0.05, 0) is 126 Å². The summed E-state index contributed by atoms with van der Waals surface area (Å²) >= 11 is 0. The second-order valence-corrected chi connectivity index (χ2v) is 13.3. The molecule has 0 heterocycles. The molecule has 0 fully saturated rings. The van der Waals surface area contributed by atoms with Gasteiger partial charge in [-0.1, -0.05) is 79.7 Å². The van der Waals surface area contributed by atoms with E-state index in [1.165, 1.54) is 72.8 Å². The number of halogens is 6. The van der Waals surface area contributed by atoms with Crippen molar-refractivity contribution >= 4 is 0 Å². The first-order valence-electron chi connectivity index (χ1n) is 17.9. The summed E-state index contributed by atoms with van der Waals surface area (Å²) < 4.78 is 79.8. The maximum absolute atomic E-state index is 13.4. The summed E-state index contributed by atoms with van der Waals surface area (Å²) in [7, 11) is 0. The first-order chi connectivity index (χ1) is 26.9. The van der Waals surface area contributed by atoms with Crippen molar-refractivity contribution in [1.29, 1.82) is 10.5 Å². The highest BCUT2D eigenvalue weighted by atomic mass is 19.1. The Bertz CT molecular complexity index is 2130. The SMILES string of the molecule is CC(C#N)C(c1cccc(F)c1)c1cccc(F)c1.CC(CN)C(c1cccc(F)c1)c1cccc(F)c1.N#CCC(c1cccc(F)c1)c1cccc(F)c1. The van der Waals surface area contributed by atoms with Crippen molar-refractivity contribution in [2.24, 2.45) is 17.6 Å². The Morgan fingerprint density at radius 1 is 0.464 bits per heavy atom. The van der Waals surface area contributed by atoms with Crippen LogP contribution in [0.1, 0.15) is 71.4 Å². The molecule has 0 amide bonds. The molecule has 2 N–H and O–H groups in total. The molecule has 0 spiro atoms. The number of nitriles is 2. The summed E-state index contributed by atoms with van der Waals surface area (Å²) in [5, 5.41) is 18.0. The van der Waals surface area contributed by atoms with Crippen LogP contribution in [0.5, 0.6) is 0 Å². The van der Waals surface area contributed by atoms with E-state index in [2.05, 4.69) is 12.1 Å². The quantitative estimate of drug-likeness (QED) is 0.141. The van der Waals surface area contributed by atoms with E-state index in [1.54, 1.807) is 67.6 Å². The molecule has 0 bridgehead atoms. The molecule has 0 aliphatic rings. The van der Waals surface area contributed by atoms with E-state index in [4.69, 9.17) is 16.3 Å². The minimum absolute atomic E-state index is 0.101. The van der Waals surface area contributed by atoms with Gasteiger partial charge in [0.2, 0.25) is 0 Å². The molecular weight excluding hydrogens is 721 g/mol. The molecule has 6 aromatic rings. The van der Waals surface area contributed by atoms with Crippen molar-refractivity contribution < 1.29 is 26.3 Å². The zero-order valence-electron chi connectivity index (χ0n) is 30.9. The maximum atomic E-state index is 13.4. The van der Waals surface area contributed by atoms with Gasteiger partial charge >= 0.3 is 0 Å². The summed E-state index contributed by atoms with van der Waals surface area (Å²) in [6, 6.07) is 41.4. The Labute approximate surface area is 324 Å². The Hall–Kier alpha value is -6.16. The number of hydrogen-bond acceptors (Lipinski definition) is 3. The summed E-state index contributed by atoms with van der Waals surface area (Å²) in [6.45, 7) is 4.19. The molecule has 3 nitrogen and oxygen atoms in total. The molecule has 6 rings (SSSR count). The number of benzene rings is 6. The third-order valence-corrected chi connectivity index (χ3v) is 9.27. The zero-order chi connectivity index (χ0) is 40.6.